The summed E-state index contributed by atoms with van der Waals surface area (Å²) in [4.78, 5) is 73.9. The smallest absolute Gasteiger partial charge is 0.410 e. The van der Waals surface area contributed by atoms with Crippen molar-refractivity contribution in [3.63, 3.8) is 0 Å². The van der Waals surface area contributed by atoms with Gasteiger partial charge >= 0.3 is 12.2 Å². The molecule has 3 N–H and O–H groups in total. The van der Waals surface area contributed by atoms with Crippen LogP contribution in [0.25, 0.3) is 0 Å². The number of fused-ring (bicyclic) bond motifs is 3. The molecule has 296 valence electrons. The Kier molecular flexibility index (Phi) is 11.2. The molecule has 16 heteroatoms. The van der Waals surface area contributed by atoms with Crippen molar-refractivity contribution < 1.29 is 41.9 Å². The minimum atomic E-state index is -3.90. The zero-order valence-corrected chi connectivity index (χ0v) is 32.7. The Bertz CT molecular complexity index is 1790. The number of nitrogens with zero attached hydrogens (tertiary/aromatic N) is 3. The Morgan fingerprint density at radius 3 is 2.52 bits per heavy atom. The van der Waals surface area contributed by atoms with Gasteiger partial charge in [-0.3, -0.25) is 19.1 Å². The number of amides is 5. The highest BCUT2D eigenvalue weighted by atomic mass is 32.2. The molecule has 1 aromatic carbocycles. The molecule has 5 amide bonds. The molecule has 0 unspecified atom stereocenters. The van der Waals surface area contributed by atoms with Gasteiger partial charge in [-0.25, -0.2) is 18.0 Å². The maximum atomic E-state index is 14.4. The van der Waals surface area contributed by atoms with Crippen LogP contribution in [0.4, 0.5) is 15.3 Å². The summed E-state index contributed by atoms with van der Waals surface area (Å²) in [6.07, 6.45) is 6.33. The van der Waals surface area contributed by atoms with Gasteiger partial charge in [0.1, 0.15) is 29.3 Å². The lowest BCUT2D eigenvalue weighted by Crippen LogP contribution is -2.58. The van der Waals surface area contributed by atoms with E-state index in [1.54, 1.807) is 25.7 Å². The zero-order valence-electron chi connectivity index (χ0n) is 31.9. The molecule has 5 atom stereocenters. The van der Waals surface area contributed by atoms with Crippen molar-refractivity contribution in [1.82, 2.24) is 25.2 Å². The van der Waals surface area contributed by atoms with E-state index >= 15 is 0 Å². The molecule has 0 radical (unpaired) electrons. The van der Waals surface area contributed by atoms with Gasteiger partial charge in [-0.1, -0.05) is 37.1 Å². The third-order valence-electron chi connectivity index (χ3n) is 10.8. The summed E-state index contributed by atoms with van der Waals surface area (Å²) in [5.74, 6) is -2.48. The van der Waals surface area contributed by atoms with Crippen LogP contribution in [0, 0.1) is 5.92 Å². The number of hydrogen-bond acceptors (Lipinski definition) is 10. The molecule has 0 bridgehead atoms. The first-order valence-electron chi connectivity index (χ1n) is 19.1. The molecule has 3 heterocycles. The van der Waals surface area contributed by atoms with Gasteiger partial charge in [0.2, 0.25) is 21.8 Å². The van der Waals surface area contributed by atoms with Gasteiger partial charge in [0.15, 0.2) is 0 Å². The molecule has 0 spiro atoms. The maximum absolute atomic E-state index is 14.4. The number of allylic oxidation sites excluding steroid dienone is 1. The van der Waals surface area contributed by atoms with Crippen LogP contribution >= 0.6 is 0 Å². The Hall–Kier alpha value is -4.34. The number of alkyl carbamates (subject to hydrolysis) is 1. The number of sulfonamides is 1. The molecule has 54 heavy (non-hydrogen) atoms. The Balaban J connectivity index is 1.24. The van der Waals surface area contributed by atoms with Gasteiger partial charge in [0.25, 0.3) is 5.91 Å². The monoisotopic (exact) mass is 770 g/mol. The Morgan fingerprint density at radius 1 is 1.06 bits per heavy atom. The number of benzene rings is 1. The van der Waals surface area contributed by atoms with E-state index in [1.165, 1.54) is 10.5 Å². The maximum Gasteiger partial charge on any atom is 0.410 e. The van der Waals surface area contributed by atoms with Crippen molar-refractivity contribution >= 4 is 45.6 Å². The van der Waals surface area contributed by atoms with E-state index in [9.17, 15) is 32.4 Å². The van der Waals surface area contributed by atoms with E-state index in [0.717, 1.165) is 24.1 Å². The van der Waals surface area contributed by atoms with Crippen LogP contribution in [0.2, 0.25) is 0 Å². The molecule has 3 fully saturated rings. The third kappa shape index (κ3) is 8.95. The van der Waals surface area contributed by atoms with E-state index in [2.05, 4.69) is 15.4 Å². The van der Waals surface area contributed by atoms with E-state index in [-0.39, 0.29) is 25.8 Å². The van der Waals surface area contributed by atoms with Gasteiger partial charge in [0, 0.05) is 45.2 Å². The highest BCUT2D eigenvalue weighted by molar-refractivity contribution is 7.91. The molecule has 5 aliphatic rings. The summed E-state index contributed by atoms with van der Waals surface area (Å²) in [6.45, 7) is 5.79. The van der Waals surface area contributed by atoms with Crippen molar-refractivity contribution in [2.75, 3.05) is 32.1 Å². The standard InChI is InChI=1S/C38H54N6O9S/c1-37(2,3)53-35(48)39-29-14-10-8-6-7-9-13-25-21-38(25,34(47)41-54(50,51)27-16-17-27)40-32(45)31-20-26(23-44(31)33(29)46)52-36(49)43-19-18-28-24(22-43)12-11-15-30(28)42(4)5/h9,11-13,15,25-27,29,31H,6-8,10,14,16-23H2,1-5H3,(H,39,48)(H,40,45)(H,41,47)/b13-9-/t25-,26-,29+,31+,38-/m1/s1. The lowest BCUT2D eigenvalue weighted by atomic mass is 9.97. The van der Waals surface area contributed by atoms with Crippen molar-refractivity contribution in [3.05, 3.63) is 41.5 Å². The second-order valence-electron chi connectivity index (χ2n) is 16.4. The molecule has 2 aliphatic carbocycles. The first-order valence-corrected chi connectivity index (χ1v) is 20.6. The molecule has 6 rings (SSSR count). The van der Waals surface area contributed by atoms with Gasteiger partial charge in [-0.15, -0.1) is 0 Å². The van der Waals surface area contributed by atoms with Crippen LogP contribution < -0.4 is 20.3 Å². The summed E-state index contributed by atoms with van der Waals surface area (Å²) in [5.41, 5.74) is 0.916. The van der Waals surface area contributed by atoms with Gasteiger partial charge in [-0.2, -0.15) is 0 Å². The summed E-state index contributed by atoms with van der Waals surface area (Å²) < 4.78 is 39.3. The fraction of sp³-hybridized carbons (Fsp3) is 0.658. The number of carbonyl (C=O) groups excluding carboxylic acids is 5. The quantitative estimate of drug-likeness (QED) is 0.364. The molecule has 3 aliphatic heterocycles. The number of rotatable bonds is 6. The number of carbonyl (C=O) groups is 5. The van der Waals surface area contributed by atoms with E-state index in [1.807, 2.05) is 49.3 Å². The van der Waals surface area contributed by atoms with Gasteiger partial charge < -0.3 is 34.8 Å². The van der Waals surface area contributed by atoms with E-state index < -0.39 is 80.4 Å². The SMILES string of the molecule is CN(C)c1cccc2c1CCN(C(=O)O[C@@H]1C[C@H]3C(=O)N[C@]4(C(=O)NS(=O)(=O)C5CC5)C[C@H]4/C=C\CCCCC[C@H](NC(=O)OC(C)(C)C)C(=O)N3C1)C2. The molecule has 15 nitrogen and oxygen atoms in total. The molecule has 0 aromatic heterocycles. The Morgan fingerprint density at radius 2 is 1.81 bits per heavy atom. The minimum Gasteiger partial charge on any atom is -0.444 e. The van der Waals surface area contributed by atoms with E-state index in [4.69, 9.17) is 9.47 Å². The predicted molar refractivity (Wildman–Crippen MR) is 200 cm³/mol. The highest BCUT2D eigenvalue weighted by Crippen LogP contribution is 2.46. The lowest BCUT2D eigenvalue weighted by Gasteiger charge is -2.31. The van der Waals surface area contributed by atoms with Crippen LogP contribution in [-0.4, -0.2) is 110 Å². The van der Waals surface area contributed by atoms with Gasteiger partial charge in [0.05, 0.1) is 11.8 Å². The fourth-order valence-electron chi connectivity index (χ4n) is 7.68. The summed E-state index contributed by atoms with van der Waals surface area (Å²) >= 11 is 0. The van der Waals surface area contributed by atoms with Crippen molar-refractivity contribution in [2.24, 2.45) is 5.92 Å². The second-order valence-corrected chi connectivity index (χ2v) is 18.4. The largest absolute Gasteiger partial charge is 0.444 e. The van der Waals surface area contributed by atoms with Crippen LogP contribution in [-0.2, 0) is 46.8 Å². The zero-order chi connectivity index (χ0) is 39.0. The summed E-state index contributed by atoms with van der Waals surface area (Å²) in [5, 5.41) is 4.90. The van der Waals surface area contributed by atoms with Crippen LogP contribution in [0.15, 0.2) is 30.4 Å². The van der Waals surface area contributed by atoms with Gasteiger partial charge in [-0.05, 0) is 82.9 Å². The average Bonchev–Trinajstić information content (AvgIpc) is 4.02. The first kappa shape index (κ1) is 39.4. The number of ether oxygens (including phenoxy) is 2. The number of nitrogens with one attached hydrogen (secondary N) is 3. The van der Waals surface area contributed by atoms with Crippen molar-refractivity contribution in [1.29, 1.82) is 0 Å². The summed E-state index contributed by atoms with van der Waals surface area (Å²) in [7, 11) is 0.0471. The van der Waals surface area contributed by atoms with Crippen molar-refractivity contribution in [3.8, 4) is 0 Å². The second kappa shape index (κ2) is 15.4. The van der Waals surface area contributed by atoms with Crippen molar-refractivity contribution in [2.45, 2.75) is 126 Å². The molecular weight excluding hydrogens is 717 g/mol. The van der Waals surface area contributed by atoms with Crippen LogP contribution in [0.5, 0.6) is 0 Å². The van der Waals surface area contributed by atoms with E-state index in [0.29, 0.717) is 45.2 Å². The molecule has 1 aromatic rings. The number of hydrogen-bond donors (Lipinski definition) is 3. The third-order valence-corrected chi connectivity index (χ3v) is 12.6. The molecule has 1 saturated heterocycles. The average molecular weight is 771 g/mol. The topological polar surface area (TPSA) is 184 Å². The predicted octanol–water partition coefficient (Wildman–Crippen LogP) is 3.11. The number of anilines is 1. The molecular formula is C38H54N6O9S. The first-order chi connectivity index (χ1) is 25.5. The minimum absolute atomic E-state index is 0.0593. The van der Waals surface area contributed by atoms with Crippen LogP contribution in [0.1, 0.15) is 89.7 Å². The highest BCUT2D eigenvalue weighted by Gasteiger charge is 2.62. The fourth-order valence-corrected chi connectivity index (χ4v) is 9.04. The normalized spacial score (nSPS) is 28.2. The van der Waals surface area contributed by atoms with Crippen LogP contribution in [0.3, 0.4) is 0 Å². The lowest BCUT2D eigenvalue weighted by molar-refractivity contribution is -0.141. The summed E-state index contributed by atoms with van der Waals surface area (Å²) in [6, 6.07) is 3.76. The Labute approximate surface area is 317 Å². The molecule has 2 saturated carbocycles.